The predicted octanol–water partition coefficient (Wildman–Crippen LogP) is -0.133. The molecular weight excluding hydrogens is 206 g/mol. The summed E-state index contributed by atoms with van der Waals surface area (Å²) in [6.45, 7) is 1.40. The van der Waals surface area contributed by atoms with Gasteiger partial charge in [-0.3, -0.25) is 15.0 Å². The molecule has 1 aliphatic rings. The lowest BCUT2D eigenvalue weighted by atomic mass is 10.0. The van der Waals surface area contributed by atoms with Crippen LogP contribution in [0, 0.1) is 0 Å². The highest BCUT2D eigenvalue weighted by Gasteiger charge is 2.35. The lowest BCUT2D eigenvalue weighted by Crippen LogP contribution is -2.41. The molecule has 16 heavy (non-hydrogen) atoms. The summed E-state index contributed by atoms with van der Waals surface area (Å²) >= 11 is 0. The van der Waals surface area contributed by atoms with Gasteiger partial charge in [0.1, 0.15) is 6.04 Å². The lowest BCUT2D eigenvalue weighted by Gasteiger charge is -2.17. The van der Waals surface area contributed by atoms with Crippen LogP contribution in [0.15, 0.2) is 30.3 Å². The van der Waals surface area contributed by atoms with Gasteiger partial charge in [-0.2, -0.15) is 0 Å². The summed E-state index contributed by atoms with van der Waals surface area (Å²) in [6, 6.07) is 8.73. The molecule has 1 saturated heterocycles. The monoisotopic (exact) mass is 219 g/mol. The molecule has 5 heteroatoms. The fourth-order valence-electron chi connectivity index (χ4n) is 1.77. The van der Waals surface area contributed by atoms with Crippen LogP contribution in [-0.2, 0) is 9.59 Å². The van der Waals surface area contributed by atoms with Crippen molar-refractivity contribution in [2.45, 2.75) is 19.0 Å². The van der Waals surface area contributed by atoms with Gasteiger partial charge in [-0.1, -0.05) is 30.3 Å². The third kappa shape index (κ3) is 2.04. The zero-order valence-electron chi connectivity index (χ0n) is 8.86. The number of amides is 2. The quantitative estimate of drug-likeness (QED) is 0.648. The topological polar surface area (TPSA) is 70.2 Å². The molecule has 0 radical (unpaired) electrons. The second-order valence-corrected chi connectivity index (χ2v) is 3.70. The van der Waals surface area contributed by atoms with E-state index in [1.807, 2.05) is 30.3 Å². The van der Waals surface area contributed by atoms with Crippen molar-refractivity contribution in [3.05, 3.63) is 35.9 Å². The minimum Gasteiger partial charge on any atom is -0.343 e. The van der Waals surface area contributed by atoms with Crippen LogP contribution in [0.3, 0.4) is 0 Å². The van der Waals surface area contributed by atoms with Gasteiger partial charge < -0.3 is 5.32 Å². The Hall–Kier alpha value is -1.88. The average Bonchev–Trinajstić information content (AvgIpc) is 2.61. The van der Waals surface area contributed by atoms with Crippen LogP contribution in [0.1, 0.15) is 18.5 Å². The van der Waals surface area contributed by atoms with Crippen molar-refractivity contribution < 1.29 is 9.59 Å². The largest absolute Gasteiger partial charge is 0.343 e. The van der Waals surface area contributed by atoms with Crippen LogP contribution in [0.25, 0.3) is 0 Å². The van der Waals surface area contributed by atoms with E-state index in [0.717, 1.165) is 5.56 Å². The normalized spacial score (nSPS) is 23.9. The summed E-state index contributed by atoms with van der Waals surface area (Å²) in [4.78, 5) is 22.5. The average molecular weight is 219 g/mol. The van der Waals surface area contributed by atoms with Gasteiger partial charge in [0.15, 0.2) is 0 Å². The lowest BCUT2D eigenvalue weighted by molar-refractivity contribution is -0.126. The molecule has 1 aliphatic heterocycles. The SMILES string of the molecule is CC(=O)NC1C(=O)NNC1c1ccccc1. The standard InChI is InChI=1S/C11H13N3O2/c1-7(15)12-10-9(13-14-11(10)16)8-5-3-2-4-6-8/h2-6,9-10,13H,1H3,(H,12,15)(H,14,16). The fourth-order valence-corrected chi connectivity index (χ4v) is 1.77. The van der Waals surface area contributed by atoms with Crippen molar-refractivity contribution in [1.82, 2.24) is 16.2 Å². The van der Waals surface area contributed by atoms with Crippen molar-refractivity contribution in [2.75, 3.05) is 0 Å². The molecule has 2 rings (SSSR count). The van der Waals surface area contributed by atoms with Crippen LogP contribution in [-0.4, -0.2) is 17.9 Å². The summed E-state index contributed by atoms with van der Waals surface area (Å²) in [5, 5.41) is 2.63. The van der Waals surface area contributed by atoms with Gasteiger partial charge in [0.2, 0.25) is 5.91 Å². The van der Waals surface area contributed by atoms with Gasteiger partial charge in [-0.15, -0.1) is 0 Å². The molecule has 1 heterocycles. The molecule has 0 aliphatic carbocycles. The number of carbonyl (C=O) groups is 2. The highest BCUT2D eigenvalue weighted by molar-refractivity contribution is 5.89. The number of hydrogen-bond acceptors (Lipinski definition) is 3. The number of hydrazine groups is 1. The third-order valence-electron chi connectivity index (χ3n) is 2.48. The van der Waals surface area contributed by atoms with Crippen LogP contribution in [0.2, 0.25) is 0 Å². The first kappa shape index (κ1) is 10.6. The molecule has 5 nitrogen and oxygen atoms in total. The van der Waals surface area contributed by atoms with E-state index in [-0.39, 0.29) is 17.9 Å². The van der Waals surface area contributed by atoms with E-state index in [0.29, 0.717) is 0 Å². The van der Waals surface area contributed by atoms with Crippen LogP contribution in [0.5, 0.6) is 0 Å². The van der Waals surface area contributed by atoms with Crippen LogP contribution in [0.4, 0.5) is 0 Å². The minimum atomic E-state index is -0.556. The van der Waals surface area contributed by atoms with E-state index >= 15 is 0 Å². The smallest absolute Gasteiger partial charge is 0.258 e. The first-order valence-corrected chi connectivity index (χ1v) is 5.06. The molecule has 0 aromatic heterocycles. The summed E-state index contributed by atoms with van der Waals surface area (Å²) in [5.41, 5.74) is 6.34. The minimum absolute atomic E-state index is 0.218. The molecule has 0 bridgehead atoms. The van der Waals surface area contributed by atoms with Crippen molar-refractivity contribution in [1.29, 1.82) is 0 Å². The van der Waals surface area contributed by atoms with Gasteiger partial charge in [0.25, 0.3) is 5.91 Å². The van der Waals surface area contributed by atoms with Crippen molar-refractivity contribution >= 4 is 11.8 Å². The van der Waals surface area contributed by atoms with E-state index in [1.165, 1.54) is 6.92 Å². The van der Waals surface area contributed by atoms with Gasteiger partial charge in [0.05, 0.1) is 6.04 Å². The zero-order valence-corrected chi connectivity index (χ0v) is 8.86. The Balaban J connectivity index is 2.21. The van der Waals surface area contributed by atoms with E-state index in [2.05, 4.69) is 16.2 Å². The van der Waals surface area contributed by atoms with Crippen molar-refractivity contribution in [3.8, 4) is 0 Å². The maximum Gasteiger partial charge on any atom is 0.258 e. The molecule has 84 valence electrons. The third-order valence-corrected chi connectivity index (χ3v) is 2.48. The highest BCUT2D eigenvalue weighted by Crippen LogP contribution is 2.19. The molecule has 2 amide bonds. The molecule has 3 N–H and O–H groups in total. The van der Waals surface area contributed by atoms with Gasteiger partial charge >= 0.3 is 0 Å². The van der Waals surface area contributed by atoms with Crippen molar-refractivity contribution in [3.63, 3.8) is 0 Å². The summed E-state index contributed by atoms with van der Waals surface area (Å²) in [6.07, 6.45) is 0. The van der Waals surface area contributed by atoms with Gasteiger partial charge in [0, 0.05) is 6.92 Å². The molecular formula is C11H13N3O2. The van der Waals surface area contributed by atoms with E-state index in [1.54, 1.807) is 0 Å². The maximum absolute atomic E-state index is 11.5. The second-order valence-electron chi connectivity index (χ2n) is 3.70. The zero-order chi connectivity index (χ0) is 11.5. The molecule has 2 unspecified atom stereocenters. The number of rotatable bonds is 2. The molecule has 1 aromatic carbocycles. The fraction of sp³-hybridized carbons (Fsp3) is 0.273. The maximum atomic E-state index is 11.5. The number of carbonyl (C=O) groups excluding carboxylic acids is 2. The Morgan fingerprint density at radius 2 is 2.00 bits per heavy atom. The highest BCUT2D eigenvalue weighted by atomic mass is 16.2. The first-order valence-electron chi connectivity index (χ1n) is 5.06. The van der Waals surface area contributed by atoms with Gasteiger partial charge in [-0.05, 0) is 5.56 Å². The van der Waals surface area contributed by atoms with Crippen LogP contribution >= 0.6 is 0 Å². The van der Waals surface area contributed by atoms with Crippen molar-refractivity contribution in [2.24, 2.45) is 0 Å². The predicted molar refractivity (Wildman–Crippen MR) is 58.1 cm³/mol. The Morgan fingerprint density at radius 3 is 2.62 bits per heavy atom. The Kier molecular flexibility index (Phi) is 2.87. The molecule has 0 saturated carbocycles. The van der Waals surface area contributed by atoms with E-state index in [9.17, 15) is 9.59 Å². The van der Waals surface area contributed by atoms with Crippen LogP contribution < -0.4 is 16.2 Å². The molecule has 2 atom stereocenters. The summed E-state index contributed by atoms with van der Waals surface area (Å²) in [7, 11) is 0. The molecule has 0 spiro atoms. The number of benzene rings is 1. The number of hydrogen-bond donors (Lipinski definition) is 3. The second kappa shape index (κ2) is 4.32. The molecule has 1 fully saturated rings. The molecule has 1 aromatic rings. The van der Waals surface area contributed by atoms with E-state index < -0.39 is 6.04 Å². The Labute approximate surface area is 93.2 Å². The first-order chi connectivity index (χ1) is 7.68. The Bertz CT molecular complexity index is 405. The van der Waals surface area contributed by atoms with E-state index in [4.69, 9.17) is 0 Å². The Morgan fingerprint density at radius 1 is 1.31 bits per heavy atom. The summed E-state index contributed by atoms with van der Waals surface area (Å²) < 4.78 is 0. The van der Waals surface area contributed by atoms with Gasteiger partial charge in [-0.25, -0.2) is 5.43 Å². The number of nitrogens with one attached hydrogen (secondary N) is 3. The summed E-state index contributed by atoms with van der Waals surface area (Å²) in [5.74, 6) is -0.436.